The van der Waals surface area contributed by atoms with E-state index in [9.17, 15) is 19.8 Å². The highest BCUT2D eigenvalue weighted by molar-refractivity contribution is 6.34. The Balaban J connectivity index is 1.34. The number of aromatic carboxylic acids is 1. The summed E-state index contributed by atoms with van der Waals surface area (Å²) in [6.07, 6.45) is 2.69. The van der Waals surface area contributed by atoms with E-state index >= 15 is 0 Å². The molecule has 1 saturated heterocycles. The van der Waals surface area contributed by atoms with E-state index in [1.807, 2.05) is 50.2 Å². The van der Waals surface area contributed by atoms with Crippen molar-refractivity contribution in [3.8, 4) is 11.1 Å². The lowest BCUT2D eigenvalue weighted by atomic mass is 9.88. The zero-order valence-corrected chi connectivity index (χ0v) is 22.3. The first kappa shape index (κ1) is 25.0. The van der Waals surface area contributed by atoms with E-state index in [1.54, 1.807) is 6.07 Å². The summed E-state index contributed by atoms with van der Waals surface area (Å²) >= 11 is 6.71. The number of carboxylic acid groups (broad SMARTS) is 1. The quantitative estimate of drug-likeness (QED) is 0.355. The molecule has 1 spiro atoms. The van der Waals surface area contributed by atoms with Gasteiger partial charge in [0.2, 0.25) is 5.91 Å². The van der Waals surface area contributed by atoms with Gasteiger partial charge in [-0.05, 0) is 77.8 Å². The second-order valence-corrected chi connectivity index (χ2v) is 11.5. The Morgan fingerprint density at radius 2 is 1.92 bits per heavy atom. The maximum absolute atomic E-state index is 13.3. The molecule has 3 aromatic carbocycles. The van der Waals surface area contributed by atoms with E-state index in [4.69, 9.17) is 11.6 Å². The number of nitrogens with zero attached hydrogens (tertiary/aromatic N) is 1. The number of fused-ring (bicyclic) bond motifs is 2. The summed E-state index contributed by atoms with van der Waals surface area (Å²) in [5.74, 6) is -1.01. The first-order chi connectivity index (χ1) is 18.2. The molecule has 1 amide bonds. The van der Waals surface area contributed by atoms with E-state index in [-0.39, 0.29) is 30.4 Å². The SMILES string of the molecule is CC(C)c1ccc(C2CC23C(=O)Nc2cc(Cl)c(-c4ccc(N5CCC[C@H]5CO)cc4)cc23)cc1C(=O)O. The Morgan fingerprint density at radius 1 is 1.16 bits per heavy atom. The highest BCUT2D eigenvalue weighted by Crippen LogP contribution is 2.65. The number of nitrogens with one attached hydrogen (secondary N) is 1. The molecule has 3 aliphatic rings. The fourth-order valence-electron chi connectivity index (χ4n) is 6.51. The van der Waals surface area contributed by atoms with Crippen LogP contribution < -0.4 is 10.2 Å². The number of aliphatic hydroxyl groups excluding tert-OH is 1. The third kappa shape index (κ3) is 3.81. The molecule has 1 aliphatic carbocycles. The monoisotopic (exact) mass is 530 g/mol. The maximum Gasteiger partial charge on any atom is 0.335 e. The summed E-state index contributed by atoms with van der Waals surface area (Å²) in [6, 6.07) is 17.8. The van der Waals surface area contributed by atoms with Crippen molar-refractivity contribution in [1.82, 2.24) is 0 Å². The van der Waals surface area contributed by atoms with Crippen LogP contribution in [0.15, 0.2) is 54.6 Å². The topological polar surface area (TPSA) is 89.9 Å². The number of carboxylic acids is 1. The third-order valence-electron chi connectivity index (χ3n) is 8.63. The molecule has 2 aliphatic heterocycles. The van der Waals surface area contributed by atoms with Crippen molar-refractivity contribution in [3.63, 3.8) is 0 Å². The lowest BCUT2D eigenvalue weighted by molar-refractivity contribution is -0.118. The Morgan fingerprint density at radius 3 is 2.61 bits per heavy atom. The van der Waals surface area contributed by atoms with Gasteiger partial charge in [0.1, 0.15) is 0 Å². The lowest BCUT2D eigenvalue weighted by Gasteiger charge is -2.25. The number of carbonyl (C=O) groups is 2. The summed E-state index contributed by atoms with van der Waals surface area (Å²) in [6.45, 7) is 5.05. The van der Waals surface area contributed by atoms with Crippen molar-refractivity contribution in [3.05, 3.63) is 81.9 Å². The third-order valence-corrected chi connectivity index (χ3v) is 8.94. The predicted octanol–water partition coefficient (Wildman–Crippen LogP) is 6.17. The van der Waals surface area contributed by atoms with Crippen LogP contribution in [0, 0.1) is 0 Å². The van der Waals surface area contributed by atoms with E-state index < -0.39 is 11.4 Å². The molecule has 38 heavy (non-hydrogen) atoms. The number of aliphatic hydroxyl groups is 1. The Hall–Kier alpha value is -3.35. The van der Waals surface area contributed by atoms with Crippen LogP contribution in [-0.4, -0.2) is 41.3 Å². The van der Waals surface area contributed by atoms with Crippen LogP contribution in [0.25, 0.3) is 11.1 Å². The number of halogens is 1. The predicted molar refractivity (Wildman–Crippen MR) is 149 cm³/mol. The highest BCUT2D eigenvalue weighted by Gasteiger charge is 2.65. The van der Waals surface area contributed by atoms with Gasteiger partial charge in [0, 0.05) is 29.4 Å². The van der Waals surface area contributed by atoms with E-state index in [2.05, 4.69) is 22.3 Å². The zero-order chi connectivity index (χ0) is 26.8. The van der Waals surface area contributed by atoms with E-state index in [0.717, 1.165) is 58.6 Å². The molecule has 2 heterocycles. The molecular formula is C31H31ClN2O4. The molecule has 0 aromatic heterocycles. The molecule has 3 atom stereocenters. The molecule has 3 N–H and O–H groups in total. The summed E-state index contributed by atoms with van der Waals surface area (Å²) in [4.78, 5) is 27.5. The van der Waals surface area contributed by atoms with Gasteiger partial charge in [0.25, 0.3) is 0 Å². The minimum Gasteiger partial charge on any atom is -0.478 e. The van der Waals surface area contributed by atoms with Crippen LogP contribution in [0.4, 0.5) is 11.4 Å². The standard InChI is InChI=1S/C31H31ClN2O4/c1-17(2)22-10-7-19(12-24(22)29(36)37)26-15-31(26)25-13-23(27(32)14-28(25)33-30(31)38)18-5-8-20(9-6-18)34-11-3-4-21(34)16-35/h5-10,12-14,17,21,26,35H,3-4,11,15-16H2,1-2H3,(H,33,38)(H,36,37)/t21-,26?,31?/m0/s1. The normalized spacial score (nSPS) is 23.7. The molecule has 3 aromatic rings. The molecule has 2 fully saturated rings. The van der Waals surface area contributed by atoms with Crippen molar-refractivity contribution in [2.75, 3.05) is 23.4 Å². The second-order valence-electron chi connectivity index (χ2n) is 11.1. The van der Waals surface area contributed by atoms with Gasteiger partial charge in [0.15, 0.2) is 0 Å². The van der Waals surface area contributed by atoms with Gasteiger partial charge in [-0.1, -0.05) is 49.7 Å². The Labute approximate surface area is 227 Å². The molecule has 0 radical (unpaired) electrons. The van der Waals surface area contributed by atoms with Crippen molar-refractivity contribution >= 4 is 34.9 Å². The average Bonchev–Trinajstić information content (AvgIpc) is 3.37. The maximum atomic E-state index is 13.3. The Kier molecular flexibility index (Phi) is 6.00. The largest absolute Gasteiger partial charge is 0.478 e. The number of benzene rings is 3. The zero-order valence-electron chi connectivity index (χ0n) is 21.5. The van der Waals surface area contributed by atoms with Crippen LogP contribution >= 0.6 is 11.6 Å². The average molecular weight is 531 g/mol. The fraction of sp³-hybridized carbons (Fsp3) is 0.355. The van der Waals surface area contributed by atoms with E-state index in [0.29, 0.717) is 17.0 Å². The fourth-order valence-corrected chi connectivity index (χ4v) is 6.79. The number of carbonyl (C=O) groups excluding carboxylic acids is 1. The number of hydrogen-bond donors (Lipinski definition) is 3. The van der Waals surface area contributed by atoms with Gasteiger partial charge in [0.05, 0.1) is 28.6 Å². The molecule has 6 rings (SSSR count). The van der Waals surface area contributed by atoms with Crippen molar-refractivity contribution in [2.24, 2.45) is 0 Å². The van der Waals surface area contributed by atoms with Gasteiger partial charge in [-0.25, -0.2) is 4.79 Å². The smallest absolute Gasteiger partial charge is 0.335 e. The highest BCUT2D eigenvalue weighted by atomic mass is 35.5. The van der Waals surface area contributed by atoms with Crippen LogP contribution in [0.2, 0.25) is 5.02 Å². The van der Waals surface area contributed by atoms with Crippen LogP contribution in [0.5, 0.6) is 0 Å². The van der Waals surface area contributed by atoms with E-state index in [1.165, 1.54) is 0 Å². The van der Waals surface area contributed by atoms with Crippen LogP contribution in [0.1, 0.15) is 72.0 Å². The lowest BCUT2D eigenvalue weighted by Crippen LogP contribution is -2.31. The molecule has 2 unspecified atom stereocenters. The van der Waals surface area contributed by atoms with Crippen molar-refractivity contribution in [2.45, 2.75) is 56.4 Å². The molecule has 1 saturated carbocycles. The number of hydrogen-bond acceptors (Lipinski definition) is 4. The van der Waals surface area contributed by atoms with Gasteiger partial charge in [-0.3, -0.25) is 4.79 Å². The van der Waals surface area contributed by atoms with Crippen LogP contribution in [-0.2, 0) is 10.2 Å². The second kappa shape index (κ2) is 9.14. The minimum atomic E-state index is -0.946. The van der Waals surface area contributed by atoms with Gasteiger partial charge in [-0.2, -0.15) is 0 Å². The molecule has 6 nitrogen and oxygen atoms in total. The Bertz CT molecular complexity index is 1450. The first-order valence-corrected chi connectivity index (χ1v) is 13.6. The molecular weight excluding hydrogens is 500 g/mol. The van der Waals surface area contributed by atoms with Gasteiger partial charge in [-0.15, -0.1) is 0 Å². The first-order valence-electron chi connectivity index (χ1n) is 13.2. The molecule has 0 bridgehead atoms. The molecule has 196 valence electrons. The summed E-state index contributed by atoms with van der Waals surface area (Å²) in [7, 11) is 0. The summed E-state index contributed by atoms with van der Waals surface area (Å²) < 4.78 is 0. The summed E-state index contributed by atoms with van der Waals surface area (Å²) in [5, 5.41) is 23.1. The van der Waals surface area contributed by atoms with Gasteiger partial charge < -0.3 is 20.4 Å². The van der Waals surface area contributed by atoms with Crippen molar-refractivity contribution in [1.29, 1.82) is 0 Å². The van der Waals surface area contributed by atoms with Gasteiger partial charge >= 0.3 is 5.97 Å². The minimum absolute atomic E-state index is 0.0602. The summed E-state index contributed by atoms with van der Waals surface area (Å²) in [5.41, 5.74) is 5.80. The number of amides is 1. The number of anilines is 2. The number of rotatable bonds is 6. The molecule has 7 heteroatoms. The van der Waals surface area contributed by atoms with Crippen LogP contribution in [0.3, 0.4) is 0 Å². The van der Waals surface area contributed by atoms with Crippen molar-refractivity contribution < 1.29 is 19.8 Å².